The first-order valence-corrected chi connectivity index (χ1v) is 6.21. The van der Waals surface area contributed by atoms with Gasteiger partial charge in [0.2, 0.25) is 0 Å². The van der Waals surface area contributed by atoms with Gasteiger partial charge in [-0.05, 0) is 33.6 Å². The fraction of sp³-hybridized carbons (Fsp3) is 0.846. The Morgan fingerprint density at radius 2 is 1.61 bits per heavy atom. The van der Waals surface area contributed by atoms with Gasteiger partial charge in [0.1, 0.15) is 11.6 Å². The molecule has 1 atom stereocenters. The summed E-state index contributed by atoms with van der Waals surface area (Å²) in [5, 5.41) is 10.6. The van der Waals surface area contributed by atoms with Gasteiger partial charge in [0.05, 0.1) is 0 Å². The van der Waals surface area contributed by atoms with Crippen LogP contribution >= 0.6 is 0 Å². The molecule has 0 heterocycles. The monoisotopic (exact) mass is 261 g/mol. The molecule has 0 aliphatic rings. The third kappa shape index (κ3) is 14.7. The largest absolute Gasteiger partial charge is 0.480 e. The molecule has 0 aliphatic heterocycles. The third-order valence-electron chi connectivity index (χ3n) is 1.92. The fourth-order valence-electron chi connectivity index (χ4n) is 0.546. The van der Waals surface area contributed by atoms with Gasteiger partial charge in [0.15, 0.2) is 0 Å². The number of ether oxygens (including phenoxy) is 1. The van der Waals surface area contributed by atoms with Crippen molar-refractivity contribution in [2.75, 3.05) is 0 Å². The van der Waals surface area contributed by atoms with Gasteiger partial charge in [0, 0.05) is 0 Å². The molecule has 1 amide bonds. The number of carbonyl (C=O) groups is 2. The maximum Gasteiger partial charge on any atom is 0.408 e. The Bertz CT molecular complexity index is 256. The van der Waals surface area contributed by atoms with Crippen LogP contribution in [0.15, 0.2) is 0 Å². The Morgan fingerprint density at radius 3 is 1.83 bits per heavy atom. The van der Waals surface area contributed by atoms with Crippen molar-refractivity contribution in [1.29, 1.82) is 0 Å². The molecule has 0 radical (unpaired) electrons. The van der Waals surface area contributed by atoms with Crippen LogP contribution in [0.5, 0.6) is 0 Å². The van der Waals surface area contributed by atoms with E-state index in [1.165, 1.54) is 13.3 Å². The second-order valence-electron chi connectivity index (χ2n) is 5.51. The second-order valence-corrected chi connectivity index (χ2v) is 5.51. The van der Waals surface area contributed by atoms with E-state index in [9.17, 15) is 9.59 Å². The molecule has 0 rings (SSSR count). The SMILES string of the molecule is CC(NC(=O)OC(C)(C)C)C(=O)O.CCC(C)C. The highest BCUT2D eigenvalue weighted by Crippen LogP contribution is 2.06. The lowest BCUT2D eigenvalue weighted by molar-refractivity contribution is -0.139. The number of rotatable bonds is 3. The lowest BCUT2D eigenvalue weighted by Crippen LogP contribution is -2.41. The first kappa shape index (κ1) is 19.1. The molecule has 0 aromatic rings. The van der Waals surface area contributed by atoms with E-state index in [0.717, 1.165) is 5.92 Å². The Kier molecular flexibility index (Phi) is 9.31. The minimum Gasteiger partial charge on any atom is -0.480 e. The number of carboxylic acid groups (broad SMARTS) is 1. The van der Waals surface area contributed by atoms with Gasteiger partial charge >= 0.3 is 12.1 Å². The van der Waals surface area contributed by atoms with E-state index in [4.69, 9.17) is 9.84 Å². The minimum absolute atomic E-state index is 0.609. The summed E-state index contributed by atoms with van der Waals surface area (Å²) < 4.78 is 4.85. The molecule has 108 valence electrons. The van der Waals surface area contributed by atoms with Gasteiger partial charge in [-0.25, -0.2) is 4.79 Å². The molecule has 18 heavy (non-hydrogen) atoms. The van der Waals surface area contributed by atoms with Gasteiger partial charge in [-0.2, -0.15) is 0 Å². The summed E-state index contributed by atoms with van der Waals surface area (Å²) in [6.45, 7) is 13.1. The van der Waals surface area contributed by atoms with Crippen LogP contribution in [-0.4, -0.2) is 28.8 Å². The van der Waals surface area contributed by atoms with Crippen molar-refractivity contribution in [3.8, 4) is 0 Å². The van der Waals surface area contributed by atoms with Crippen LogP contribution in [0.3, 0.4) is 0 Å². The van der Waals surface area contributed by atoms with Gasteiger partial charge in [-0.1, -0.05) is 27.2 Å². The average Bonchev–Trinajstić information content (AvgIpc) is 2.15. The van der Waals surface area contributed by atoms with Gasteiger partial charge in [-0.3, -0.25) is 4.79 Å². The molecule has 0 fully saturated rings. The van der Waals surface area contributed by atoms with Crippen LogP contribution < -0.4 is 5.32 Å². The molecule has 0 aliphatic carbocycles. The van der Waals surface area contributed by atoms with Crippen molar-refractivity contribution in [1.82, 2.24) is 5.32 Å². The van der Waals surface area contributed by atoms with Crippen molar-refractivity contribution in [2.45, 2.75) is 66.5 Å². The number of amides is 1. The number of alkyl carbamates (subject to hydrolysis) is 1. The molecule has 0 saturated heterocycles. The molecular formula is C13H27NO4. The summed E-state index contributed by atoms with van der Waals surface area (Å²) in [5.74, 6) is -0.208. The van der Waals surface area contributed by atoms with Crippen molar-refractivity contribution < 1.29 is 19.4 Å². The highest BCUT2D eigenvalue weighted by Gasteiger charge is 2.20. The topological polar surface area (TPSA) is 75.6 Å². The molecular weight excluding hydrogens is 234 g/mol. The van der Waals surface area contributed by atoms with E-state index in [-0.39, 0.29) is 0 Å². The molecule has 0 saturated carbocycles. The number of aliphatic carboxylic acids is 1. The summed E-state index contributed by atoms with van der Waals surface area (Å²) in [7, 11) is 0. The summed E-state index contributed by atoms with van der Waals surface area (Å²) in [5.41, 5.74) is -0.609. The number of hydrogen-bond donors (Lipinski definition) is 2. The predicted molar refractivity (Wildman–Crippen MR) is 71.6 cm³/mol. The maximum atomic E-state index is 11.0. The molecule has 0 aromatic carbocycles. The summed E-state index contributed by atoms with van der Waals surface area (Å²) >= 11 is 0. The maximum absolute atomic E-state index is 11.0. The van der Waals surface area contributed by atoms with Crippen LogP contribution in [0.1, 0.15) is 54.9 Å². The molecule has 0 bridgehead atoms. The molecule has 0 spiro atoms. The van der Waals surface area contributed by atoms with Gasteiger partial charge in [0.25, 0.3) is 0 Å². The van der Waals surface area contributed by atoms with Gasteiger partial charge < -0.3 is 15.2 Å². The minimum atomic E-state index is -1.09. The van der Waals surface area contributed by atoms with E-state index >= 15 is 0 Å². The second kappa shape index (κ2) is 8.78. The van der Waals surface area contributed by atoms with Crippen LogP contribution in [-0.2, 0) is 9.53 Å². The standard InChI is InChI=1S/C8H15NO4.C5H12/c1-5(6(10)11)9-7(12)13-8(2,3)4;1-4-5(2)3/h5H,1-4H3,(H,9,12)(H,10,11);5H,4H2,1-3H3. The van der Waals surface area contributed by atoms with E-state index < -0.39 is 23.7 Å². The molecule has 1 unspecified atom stereocenters. The summed E-state index contributed by atoms with van der Waals surface area (Å²) in [4.78, 5) is 21.3. The molecule has 0 aromatic heterocycles. The normalized spacial score (nSPS) is 12.2. The number of nitrogens with one attached hydrogen (secondary N) is 1. The van der Waals surface area contributed by atoms with Crippen LogP contribution in [0.4, 0.5) is 4.79 Å². The summed E-state index contributed by atoms with van der Waals surface area (Å²) in [6, 6.07) is -0.935. The van der Waals surface area contributed by atoms with Gasteiger partial charge in [-0.15, -0.1) is 0 Å². The number of hydrogen-bond acceptors (Lipinski definition) is 3. The average molecular weight is 261 g/mol. The van der Waals surface area contributed by atoms with E-state index in [1.807, 2.05) is 0 Å². The van der Waals surface area contributed by atoms with Crippen molar-refractivity contribution in [3.05, 3.63) is 0 Å². The van der Waals surface area contributed by atoms with Crippen LogP contribution in [0.25, 0.3) is 0 Å². The lowest BCUT2D eigenvalue weighted by atomic mass is 10.2. The Labute approximate surface area is 110 Å². The Hall–Kier alpha value is -1.26. The molecule has 5 heteroatoms. The van der Waals surface area contributed by atoms with Crippen LogP contribution in [0.2, 0.25) is 0 Å². The molecule has 2 N–H and O–H groups in total. The first-order valence-electron chi connectivity index (χ1n) is 6.21. The number of carboxylic acids is 1. The smallest absolute Gasteiger partial charge is 0.408 e. The van der Waals surface area contributed by atoms with Crippen molar-refractivity contribution in [2.24, 2.45) is 5.92 Å². The van der Waals surface area contributed by atoms with E-state index in [1.54, 1.807) is 20.8 Å². The van der Waals surface area contributed by atoms with E-state index in [2.05, 4.69) is 26.1 Å². The van der Waals surface area contributed by atoms with Crippen LogP contribution in [0, 0.1) is 5.92 Å². The highest BCUT2D eigenvalue weighted by atomic mass is 16.6. The summed E-state index contributed by atoms with van der Waals surface area (Å²) in [6.07, 6.45) is 0.586. The third-order valence-corrected chi connectivity index (χ3v) is 1.92. The predicted octanol–water partition coefficient (Wildman–Crippen LogP) is 3.04. The van der Waals surface area contributed by atoms with E-state index in [0.29, 0.717) is 0 Å². The zero-order valence-corrected chi connectivity index (χ0v) is 12.5. The molecule has 5 nitrogen and oxygen atoms in total. The van der Waals surface area contributed by atoms with Crippen molar-refractivity contribution >= 4 is 12.1 Å². The first-order chi connectivity index (χ1) is 7.99. The highest BCUT2D eigenvalue weighted by molar-refractivity contribution is 5.79. The lowest BCUT2D eigenvalue weighted by Gasteiger charge is -2.20. The van der Waals surface area contributed by atoms with Crippen molar-refractivity contribution in [3.63, 3.8) is 0 Å². The Morgan fingerprint density at radius 1 is 1.22 bits per heavy atom. The Balaban J connectivity index is 0. The quantitative estimate of drug-likeness (QED) is 0.818. The number of carbonyl (C=O) groups excluding carboxylic acids is 1. The zero-order chi connectivity index (χ0) is 14.9. The fourth-order valence-corrected chi connectivity index (χ4v) is 0.546. The zero-order valence-electron chi connectivity index (χ0n) is 12.5.